The van der Waals surface area contributed by atoms with Crippen LogP contribution in [0.25, 0.3) is 0 Å². The largest absolute Gasteiger partial charge is 0.484 e. The van der Waals surface area contributed by atoms with Crippen LogP contribution in [0.15, 0.2) is 12.1 Å². The van der Waals surface area contributed by atoms with Crippen LogP contribution in [-0.2, 0) is 16.0 Å². The maximum absolute atomic E-state index is 14.1. The van der Waals surface area contributed by atoms with E-state index in [1.54, 1.807) is 6.92 Å². The molecule has 1 spiro atoms. The highest BCUT2D eigenvalue weighted by Gasteiger charge is 2.56. The van der Waals surface area contributed by atoms with E-state index >= 15 is 0 Å². The number of ether oxygens (including phenoxy) is 2. The lowest BCUT2D eigenvalue weighted by atomic mass is 9.68. The Hall–Kier alpha value is -1.77. The summed E-state index contributed by atoms with van der Waals surface area (Å²) in [4.78, 5) is 14.8. The molecule has 8 heteroatoms. The number of rotatable bonds is 2. The van der Waals surface area contributed by atoms with Gasteiger partial charge in [-0.2, -0.15) is 0 Å². The number of hydrogen-bond donors (Lipinski definition) is 2. The Kier molecular flexibility index (Phi) is 4.44. The van der Waals surface area contributed by atoms with E-state index in [0.29, 0.717) is 44.5 Å². The van der Waals surface area contributed by atoms with Crippen LogP contribution in [0.2, 0.25) is 0 Å². The van der Waals surface area contributed by atoms with Gasteiger partial charge >= 0.3 is 0 Å². The molecular weight excluding hydrogens is 394 g/mol. The van der Waals surface area contributed by atoms with E-state index in [4.69, 9.17) is 9.47 Å². The second-order valence-corrected chi connectivity index (χ2v) is 9.85. The van der Waals surface area contributed by atoms with Gasteiger partial charge in [0.2, 0.25) is 11.8 Å². The Morgan fingerprint density at radius 3 is 2.57 bits per heavy atom. The van der Waals surface area contributed by atoms with Gasteiger partial charge in [-0.1, -0.05) is 0 Å². The average Bonchev–Trinajstić information content (AvgIpc) is 3.17. The number of likely N-dealkylation sites (tertiary alicyclic amines) is 1. The number of hydrogen-bond acceptors (Lipinski definition) is 5. The molecule has 2 N–H and O–H groups in total. The number of carbonyl (C=O) groups excluding carboxylic acids is 1. The SMILES string of the molecule is CC1(O)N[C@]2(CO1)C[C@H](C(=O)N1CCC(C3(C)Cc4cc(F)cc(F)c4O3)CC1)C2. The predicted octanol–water partition coefficient (Wildman–Crippen LogP) is 2.33. The Bertz CT molecular complexity index is 878. The van der Waals surface area contributed by atoms with Crippen molar-refractivity contribution in [3.05, 3.63) is 29.3 Å². The molecule has 164 valence electrons. The lowest BCUT2D eigenvalue weighted by Gasteiger charge is -2.47. The van der Waals surface area contributed by atoms with Crippen LogP contribution in [0, 0.1) is 23.5 Å². The summed E-state index contributed by atoms with van der Waals surface area (Å²) < 4.78 is 39.0. The third kappa shape index (κ3) is 3.29. The zero-order valence-electron chi connectivity index (χ0n) is 17.3. The number of nitrogens with zero attached hydrogens (tertiary/aromatic N) is 1. The first-order valence-electron chi connectivity index (χ1n) is 10.7. The van der Waals surface area contributed by atoms with Crippen molar-refractivity contribution in [3.63, 3.8) is 0 Å². The van der Waals surface area contributed by atoms with E-state index in [1.165, 1.54) is 6.07 Å². The topological polar surface area (TPSA) is 71.0 Å². The molecule has 30 heavy (non-hydrogen) atoms. The van der Waals surface area contributed by atoms with Crippen LogP contribution in [-0.4, -0.2) is 52.7 Å². The Balaban J connectivity index is 1.17. The molecule has 2 unspecified atom stereocenters. The number of amides is 1. The number of aliphatic hydroxyl groups is 1. The summed E-state index contributed by atoms with van der Waals surface area (Å²) in [6.45, 7) is 5.23. The number of fused-ring (bicyclic) bond motifs is 1. The minimum atomic E-state index is -1.32. The first kappa shape index (κ1) is 20.2. The van der Waals surface area contributed by atoms with Gasteiger partial charge in [-0.05, 0) is 38.7 Å². The number of nitrogens with one attached hydrogen (secondary N) is 1. The second kappa shape index (κ2) is 6.61. The van der Waals surface area contributed by atoms with Gasteiger partial charge in [-0.15, -0.1) is 0 Å². The van der Waals surface area contributed by atoms with Crippen LogP contribution >= 0.6 is 0 Å². The van der Waals surface area contributed by atoms with Crippen molar-refractivity contribution in [1.82, 2.24) is 10.2 Å². The van der Waals surface area contributed by atoms with Gasteiger partial charge in [0.25, 0.3) is 0 Å². The highest BCUT2D eigenvalue weighted by molar-refractivity contribution is 5.80. The Morgan fingerprint density at radius 2 is 1.93 bits per heavy atom. The summed E-state index contributed by atoms with van der Waals surface area (Å²) in [5.41, 5.74) is -0.294. The number of benzene rings is 1. The van der Waals surface area contributed by atoms with Crippen molar-refractivity contribution in [2.24, 2.45) is 11.8 Å². The molecule has 1 saturated carbocycles. The molecule has 2 saturated heterocycles. The smallest absolute Gasteiger partial charge is 0.225 e. The summed E-state index contributed by atoms with van der Waals surface area (Å²) in [7, 11) is 0. The molecule has 4 aliphatic rings. The van der Waals surface area contributed by atoms with E-state index in [-0.39, 0.29) is 29.0 Å². The molecule has 0 aromatic heterocycles. The van der Waals surface area contributed by atoms with E-state index in [2.05, 4.69) is 5.32 Å². The number of piperidine rings is 1. The molecule has 0 bridgehead atoms. The van der Waals surface area contributed by atoms with Crippen molar-refractivity contribution >= 4 is 5.91 Å². The molecule has 1 amide bonds. The molecule has 5 rings (SSSR count). The van der Waals surface area contributed by atoms with Crippen LogP contribution < -0.4 is 10.1 Å². The van der Waals surface area contributed by atoms with Gasteiger partial charge < -0.3 is 19.5 Å². The average molecular weight is 422 g/mol. The standard InChI is InChI=1S/C22H28F2N2O4/c1-20(9-13-7-16(23)8-17(24)18(13)30-20)15-3-5-26(6-4-15)19(27)14-10-22(11-14)12-29-21(2,28)25-22/h7-8,14-15,25,28H,3-6,9-12H2,1-2H3/t14-,20?,21?,22+. The lowest BCUT2D eigenvalue weighted by Crippen LogP contribution is -2.61. The second-order valence-electron chi connectivity index (χ2n) is 9.85. The minimum absolute atomic E-state index is 0.0498. The fraction of sp³-hybridized carbons (Fsp3) is 0.682. The molecule has 3 aliphatic heterocycles. The highest BCUT2D eigenvalue weighted by atomic mass is 19.1. The molecule has 6 nitrogen and oxygen atoms in total. The summed E-state index contributed by atoms with van der Waals surface area (Å²) in [5, 5.41) is 13.0. The third-order valence-electron chi connectivity index (χ3n) is 7.38. The maximum Gasteiger partial charge on any atom is 0.225 e. The van der Waals surface area contributed by atoms with Crippen molar-refractivity contribution in [2.45, 2.75) is 63.0 Å². The van der Waals surface area contributed by atoms with Crippen molar-refractivity contribution < 1.29 is 28.2 Å². The van der Waals surface area contributed by atoms with Gasteiger partial charge in [0.15, 0.2) is 11.6 Å². The van der Waals surface area contributed by atoms with Crippen molar-refractivity contribution in [1.29, 1.82) is 0 Å². The molecule has 1 aromatic rings. The van der Waals surface area contributed by atoms with E-state index in [0.717, 1.165) is 18.9 Å². The molecule has 1 aliphatic carbocycles. The molecular formula is C22H28F2N2O4. The van der Waals surface area contributed by atoms with Gasteiger partial charge in [0.05, 0.1) is 6.61 Å². The number of halogens is 2. The fourth-order valence-corrected chi connectivity index (χ4v) is 5.82. The first-order chi connectivity index (χ1) is 14.1. The molecule has 0 radical (unpaired) electrons. The normalized spacial score (nSPS) is 38.4. The molecule has 2 atom stereocenters. The van der Waals surface area contributed by atoms with Gasteiger partial charge in [-0.25, -0.2) is 8.78 Å². The lowest BCUT2D eigenvalue weighted by molar-refractivity contribution is -0.170. The Morgan fingerprint density at radius 1 is 1.23 bits per heavy atom. The van der Waals surface area contributed by atoms with E-state index in [1.807, 2.05) is 11.8 Å². The zero-order chi connectivity index (χ0) is 21.3. The van der Waals surface area contributed by atoms with Crippen molar-refractivity contribution in [2.75, 3.05) is 19.7 Å². The summed E-state index contributed by atoms with van der Waals surface area (Å²) >= 11 is 0. The quantitative estimate of drug-likeness (QED) is 0.766. The minimum Gasteiger partial charge on any atom is -0.484 e. The molecule has 3 heterocycles. The third-order valence-corrected chi connectivity index (χ3v) is 7.38. The van der Waals surface area contributed by atoms with Crippen LogP contribution in [0.4, 0.5) is 8.78 Å². The zero-order valence-corrected chi connectivity index (χ0v) is 17.3. The van der Waals surface area contributed by atoms with E-state index < -0.39 is 23.1 Å². The van der Waals surface area contributed by atoms with Gasteiger partial charge in [0, 0.05) is 55.4 Å². The van der Waals surface area contributed by atoms with Gasteiger partial charge in [-0.3, -0.25) is 10.1 Å². The van der Waals surface area contributed by atoms with Gasteiger partial charge in [0.1, 0.15) is 11.4 Å². The van der Waals surface area contributed by atoms with Crippen LogP contribution in [0.1, 0.15) is 45.1 Å². The van der Waals surface area contributed by atoms with Crippen LogP contribution in [0.5, 0.6) is 5.75 Å². The summed E-state index contributed by atoms with van der Waals surface area (Å²) in [6.07, 6.45) is 3.36. The summed E-state index contributed by atoms with van der Waals surface area (Å²) in [5.74, 6) is -2.11. The predicted molar refractivity (Wildman–Crippen MR) is 104 cm³/mol. The maximum atomic E-state index is 14.1. The monoisotopic (exact) mass is 422 g/mol. The van der Waals surface area contributed by atoms with Crippen molar-refractivity contribution in [3.8, 4) is 5.75 Å². The first-order valence-corrected chi connectivity index (χ1v) is 10.7. The molecule has 3 fully saturated rings. The summed E-state index contributed by atoms with van der Waals surface area (Å²) in [6, 6.07) is 2.22. The Labute approximate surface area is 174 Å². The molecule has 1 aromatic carbocycles. The van der Waals surface area contributed by atoms with E-state index in [9.17, 15) is 18.7 Å². The fourth-order valence-electron chi connectivity index (χ4n) is 5.82. The highest BCUT2D eigenvalue weighted by Crippen LogP contribution is 2.46. The number of carbonyl (C=O) groups is 1. The van der Waals surface area contributed by atoms with Crippen LogP contribution in [0.3, 0.4) is 0 Å².